The number of amides is 4. The van der Waals surface area contributed by atoms with Gasteiger partial charge in [-0.25, -0.2) is 14.8 Å². The fourth-order valence-electron chi connectivity index (χ4n) is 6.29. The number of hydrogen-bond donors (Lipinski definition) is 0. The number of allylic oxidation sites excluding steroid dienone is 1. The van der Waals surface area contributed by atoms with E-state index >= 15 is 0 Å². The van der Waals surface area contributed by atoms with Gasteiger partial charge in [-0.2, -0.15) is 0 Å². The molecule has 0 unspecified atom stereocenters. The van der Waals surface area contributed by atoms with E-state index in [0.717, 1.165) is 11.3 Å². The highest BCUT2D eigenvalue weighted by atomic mass is 16.2. The summed E-state index contributed by atoms with van der Waals surface area (Å²) in [5, 5.41) is 3.73. The quantitative estimate of drug-likeness (QED) is 0.642. The molecule has 6 rings (SSSR count). The van der Waals surface area contributed by atoms with Gasteiger partial charge in [0.15, 0.2) is 0 Å². The Morgan fingerprint density at radius 2 is 1.26 bits per heavy atom. The summed E-state index contributed by atoms with van der Waals surface area (Å²) in [4.78, 5) is 56.8. The van der Waals surface area contributed by atoms with Gasteiger partial charge in [-0.3, -0.25) is 24.2 Å². The van der Waals surface area contributed by atoms with Gasteiger partial charge in [-0.15, -0.1) is 0 Å². The molecular formula is C27H26N4O4. The number of anilines is 2. The summed E-state index contributed by atoms with van der Waals surface area (Å²) < 4.78 is 0. The van der Waals surface area contributed by atoms with Crippen molar-refractivity contribution in [2.45, 2.75) is 25.3 Å². The second-order valence-corrected chi connectivity index (χ2v) is 9.74. The molecule has 0 radical (unpaired) electrons. The van der Waals surface area contributed by atoms with Crippen molar-refractivity contribution in [1.29, 1.82) is 0 Å². The highest BCUT2D eigenvalue weighted by molar-refractivity contribution is 6.25. The Bertz CT molecular complexity index is 1270. The maximum atomic E-state index is 13.7. The average Bonchev–Trinajstić information content (AvgIpc) is 3.27. The molecule has 2 aromatic carbocycles. The number of carbonyl (C=O) groups excluding carboxylic acids is 4. The topological polar surface area (TPSA) is 81.2 Å². The number of benzene rings is 2. The smallest absolute Gasteiger partial charge is 0.258 e. The van der Waals surface area contributed by atoms with Crippen LogP contribution < -0.4 is 9.80 Å². The van der Waals surface area contributed by atoms with E-state index in [4.69, 9.17) is 0 Å². The molecule has 3 heterocycles. The minimum absolute atomic E-state index is 0.184. The molecule has 3 aliphatic heterocycles. The lowest BCUT2D eigenvalue weighted by Crippen LogP contribution is -2.54. The minimum atomic E-state index is -0.662. The van der Waals surface area contributed by atoms with Crippen molar-refractivity contribution in [2.75, 3.05) is 23.9 Å². The Labute approximate surface area is 203 Å². The molecule has 35 heavy (non-hydrogen) atoms. The first kappa shape index (κ1) is 21.7. The lowest BCUT2D eigenvalue weighted by atomic mass is 9.72. The zero-order chi connectivity index (χ0) is 24.4. The van der Waals surface area contributed by atoms with Gasteiger partial charge in [-0.1, -0.05) is 36.4 Å². The fourth-order valence-corrected chi connectivity index (χ4v) is 6.29. The van der Waals surface area contributed by atoms with Crippen molar-refractivity contribution in [3.63, 3.8) is 0 Å². The second kappa shape index (κ2) is 7.88. The molecule has 0 saturated carbocycles. The van der Waals surface area contributed by atoms with Crippen LogP contribution in [-0.2, 0) is 19.2 Å². The van der Waals surface area contributed by atoms with Crippen LogP contribution in [0.3, 0.4) is 0 Å². The third-order valence-electron chi connectivity index (χ3n) is 7.70. The summed E-state index contributed by atoms with van der Waals surface area (Å²) in [6, 6.07) is 17.3. The van der Waals surface area contributed by atoms with Crippen molar-refractivity contribution in [3.05, 3.63) is 71.9 Å². The molecule has 0 bridgehead atoms. The number of carbonyl (C=O) groups is 4. The van der Waals surface area contributed by atoms with E-state index in [1.165, 1.54) is 9.80 Å². The number of fused-ring (bicyclic) bond motifs is 3. The Morgan fingerprint density at radius 1 is 0.714 bits per heavy atom. The molecule has 2 aromatic rings. The highest BCUT2D eigenvalue weighted by Crippen LogP contribution is 2.51. The minimum Gasteiger partial charge on any atom is -0.297 e. The standard InChI is InChI=1S/C27H26N4O4/c1-28(2)31-21-14-13-18-22(26(34)29(24(18)32)16-9-5-3-6-10-16)19(21)15-20-23(31)27(35)30(25(20)33)17-11-7-4-8-12-17/h3-12,18,20,22-23H,13-15H2,1-2H3/t18-,20-,22+,23-/m1/s1. The molecule has 2 saturated heterocycles. The number of para-hydroxylation sites is 2. The van der Waals surface area contributed by atoms with E-state index in [9.17, 15) is 19.2 Å². The van der Waals surface area contributed by atoms with Gasteiger partial charge in [0, 0.05) is 19.8 Å². The summed E-state index contributed by atoms with van der Waals surface area (Å²) in [7, 11) is 3.69. The van der Waals surface area contributed by atoms with Crippen LogP contribution in [0, 0.1) is 17.8 Å². The SMILES string of the molecule is CN(C)N1C2=C(C[C@H]3C(=O)N(c4ccccc4)C(=O)[C@@H]31)[C@H]1C(=O)N(c3ccccc3)C(=O)[C@@H]1CC2. The number of rotatable bonds is 3. The van der Waals surface area contributed by atoms with Crippen LogP contribution in [0.25, 0.3) is 0 Å². The van der Waals surface area contributed by atoms with Crippen molar-refractivity contribution in [3.8, 4) is 0 Å². The molecule has 2 fully saturated rings. The van der Waals surface area contributed by atoms with E-state index in [-0.39, 0.29) is 23.6 Å². The molecule has 4 aliphatic rings. The molecule has 8 nitrogen and oxygen atoms in total. The molecular weight excluding hydrogens is 444 g/mol. The van der Waals surface area contributed by atoms with Gasteiger partial charge >= 0.3 is 0 Å². The molecule has 178 valence electrons. The van der Waals surface area contributed by atoms with Crippen LogP contribution in [0.1, 0.15) is 19.3 Å². The molecule has 0 spiro atoms. The lowest BCUT2D eigenvalue weighted by Gasteiger charge is -2.46. The zero-order valence-corrected chi connectivity index (χ0v) is 19.6. The summed E-state index contributed by atoms with van der Waals surface area (Å²) in [5.74, 6) is -2.61. The summed E-state index contributed by atoms with van der Waals surface area (Å²) in [5.41, 5.74) is 2.84. The third-order valence-corrected chi connectivity index (χ3v) is 7.70. The normalized spacial score (nSPS) is 28.1. The Morgan fingerprint density at radius 3 is 1.83 bits per heavy atom. The number of imide groups is 2. The molecule has 0 aromatic heterocycles. The largest absolute Gasteiger partial charge is 0.297 e. The van der Waals surface area contributed by atoms with Gasteiger partial charge in [0.25, 0.3) is 5.91 Å². The summed E-state index contributed by atoms with van der Waals surface area (Å²) in [6.45, 7) is 0. The number of nitrogens with zero attached hydrogens (tertiary/aromatic N) is 4. The molecule has 8 heteroatoms. The van der Waals surface area contributed by atoms with Crippen molar-refractivity contribution in [1.82, 2.24) is 10.0 Å². The Hall–Kier alpha value is -3.78. The monoisotopic (exact) mass is 470 g/mol. The zero-order valence-electron chi connectivity index (χ0n) is 19.6. The fraction of sp³-hybridized carbons (Fsp3) is 0.333. The van der Waals surface area contributed by atoms with Crippen molar-refractivity contribution < 1.29 is 19.2 Å². The van der Waals surface area contributed by atoms with Crippen LogP contribution >= 0.6 is 0 Å². The van der Waals surface area contributed by atoms with E-state index < -0.39 is 23.8 Å². The first-order valence-corrected chi connectivity index (χ1v) is 11.9. The lowest BCUT2D eigenvalue weighted by molar-refractivity contribution is -0.130. The summed E-state index contributed by atoms with van der Waals surface area (Å²) >= 11 is 0. The van der Waals surface area contributed by atoms with Crippen molar-refractivity contribution in [2.24, 2.45) is 17.8 Å². The van der Waals surface area contributed by atoms with Gasteiger partial charge in [0.1, 0.15) is 6.04 Å². The van der Waals surface area contributed by atoms with Gasteiger partial charge in [0.2, 0.25) is 17.7 Å². The van der Waals surface area contributed by atoms with Crippen molar-refractivity contribution >= 4 is 35.0 Å². The molecule has 4 atom stereocenters. The van der Waals surface area contributed by atoms with E-state index in [1.807, 2.05) is 48.4 Å². The highest BCUT2D eigenvalue weighted by Gasteiger charge is 2.60. The maximum Gasteiger partial charge on any atom is 0.258 e. The van der Waals surface area contributed by atoms with Gasteiger partial charge in [0.05, 0.1) is 29.1 Å². The van der Waals surface area contributed by atoms with Crippen LogP contribution in [0.5, 0.6) is 0 Å². The molecule has 0 N–H and O–H groups in total. The summed E-state index contributed by atoms with van der Waals surface area (Å²) in [6.07, 6.45) is 1.41. The first-order valence-electron chi connectivity index (χ1n) is 11.9. The number of hydrazine groups is 1. The predicted octanol–water partition coefficient (Wildman–Crippen LogP) is 2.58. The molecule has 4 amide bonds. The Balaban J connectivity index is 1.42. The predicted molar refractivity (Wildman–Crippen MR) is 129 cm³/mol. The first-order chi connectivity index (χ1) is 16.9. The van der Waals surface area contributed by atoms with Crippen LogP contribution in [0.15, 0.2) is 71.9 Å². The molecule has 1 aliphatic carbocycles. The second-order valence-electron chi connectivity index (χ2n) is 9.74. The maximum absolute atomic E-state index is 13.7. The van der Waals surface area contributed by atoms with Gasteiger partial charge < -0.3 is 0 Å². The Kier molecular flexibility index (Phi) is 4.89. The van der Waals surface area contributed by atoms with Gasteiger partial charge in [-0.05, 0) is 49.1 Å². The van der Waals surface area contributed by atoms with E-state index in [1.54, 1.807) is 36.4 Å². The van der Waals surface area contributed by atoms with Crippen LogP contribution in [-0.4, -0.2) is 53.8 Å². The van der Waals surface area contributed by atoms with Crippen LogP contribution in [0.2, 0.25) is 0 Å². The van der Waals surface area contributed by atoms with Crippen LogP contribution in [0.4, 0.5) is 11.4 Å². The number of hydrogen-bond acceptors (Lipinski definition) is 6. The van der Waals surface area contributed by atoms with E-state index in [0.29, 0.717) is 30.6 Å². The third kappa shape index (κ3) is 3.02. The average molecular weight is 471 g/mol. The van der Waals surface area contributed by atoms with E-state index in [2.05, 4.69) is 0 Å².